The Kier molecular flexibility index (Phi) is 5.28. The Balaban J connectivity index is 2.55. The van der Waals surface area contributed by atoms with Crippen LogP contribution in [0.3, 0.4) is 0 Å². The van der Waals surface area contributed by atoms with Gasteiger partial charge in [-0.25, -0.2) is 0 Å². The average Bonchev–Trinajstić information content (AvgIpc) is 2.46. The molecular formula is C21H28O. The summed E-state index contributed by atoms with van der Waals surface area (Å²) in [6, 6.07) is 8.58. The number of rotatable bonds is 5. The lowest BCUT2D eigenvalue weighted by Crippen LogP contribution is -1.96. The smallest absolute Gasteiger partial charge is 0.119 e. The van der Waals surface area contributed by atoms with E-state index < -0.39 is 0 Å². The number of allylic oxidation sites excluding steroid dienone is 2. The Morgan fingerprint density at radius 1 is 1.18 bits per heavy atom. The summed E-state index contributed by atoms with van der Waals surface area (Å²) in [4.78, 5) is 0. The summed E-state index contributed by atoms with van der Waals surface area (Å²) in [7, 11) is 0. The highest BCUT2D eigenvalue weighted by Crippen LogP contribution is 2.33. The fourth-order valence-electron chi connectivity index (χ4n) is 3.08. The predicted molar refractivity (Wildman–Crippen MR) is 96.8 cm³/mol. The second-order valence-electron chi connectivity index (χ2n) is 6.66. The maximum atomic E-state index is 10.4. The average molecular weight is 296 g/mol. The summed E-state index contributed by atoms with van der Waals surface area (Å²) in [6.07, 6.45) is 5.42. The summed E-state index contributed by atoms with van der Waals surface area (Å²) in [5.74, 6) is 0.767. The van der Waals surface area contributed by atoms with Crippen molar-refractivity contribution in [2.75, 3.05) is 0 Å². The SMILES string of the molecule is CCc1ccc2cc(C(C)C)c(O)cc2c1CCC=C(C)C. The van der Waals surface area contributed by atoms with E-state index in [4.69, 9.17) is 0 Å². The number of phenols is 1. The highest BCUT2D eigenvalue weighted by Gasteiger charge is 2.12. The standard InChI is InChI=1S/C21H28O/c1-6-16-10-11-17-12-19(15(4)5)21(22)13-20(17)18(16)9-7-8-14(2)3/h8,10-13,15,22H,6-7,9H2,1-5H3. The van der Waals surface area contributed by atoms with E-state index in [0.29, 0.717) is 11.7 Å². The lowest BCUT2D eigenvalue weighted by Gasteiger charge is -2.15. The van der Waals surface area contributed by atoms with Gasteiger partial charge in [0.25, 0.3) is 0 Å². The molecule has 0 amide bonds. The van der Waals surface area contributed by atoms with Gasteiger partial charge in [0.05, 0.1) is 0 Å². The number of aromatic hydroxyl groups is 1. The third kappa shape index (κ3) is 3.52. The first kappa shape index (κ1) is 16.6. The maximum Gasteiger partial charge on any atom is 0.119 e. The first-order chi connectivity index (χ1) is 10.4. The zero-order chi connectivity index (χ0) is 16.3. The van der Waals surface area contributed by atoms with Gasteiger partial charge in [0, 0.05) is 0 Å². The Labute approximate surface area is 134 Å². The lowest BCUT2D eigenvalue weighted by molar-refractivity contribution is 0.466. The minimum atomic E-state index is 0.337. The van der Waals surface area contributed by atoms with Crippen molar-refractivity contribution in [2.45, 2.75) is 59.8 Å². The van der Waals surface area contributed by atoms with Crippen LogP contribution in [0.25, 0.3) is 10.8 Å². The quantitative estimate of drug-likeness (QED) is 0.658. The fraction of sp³-hybridized carbons (Fsp3) is 0.429. The monoisotopic (exact) mass is 296 g/mol. The van der Waals surface area contributed by atoms with E-state index in [2.05, 4.69) is 58.9 Å². The fourth-order valence-corrected chi connectivity index (χ4v) is 3.08. The summed E-state index contributed by atoms with van der Waals surface area (Å²) < 4.78 is 0. The third-order valence-corrected chi connectivity index (χ3v) is 4.33. The van der Waals surface area contributed by atoms with Crippen molar-refractivity contribution in [3.05, 3.63) is 52.6 Å². The minimum absolute atomic E-state index is 0.337. The lowest BCUT2D eigenvalue weighted by atomic mass is 9.91. The number of aryl methyl sites for hydroxylation is 2. The topological polar surface area (TPSA) is 20.2 Å². The minimum Gasteiger partial charge on any atom is -0.508 e. The molecule has 0 spiro atoms. The molecule has 0 unspecified atom stereocenters. The van der Waals surface area contributed by atoms with Crippen LogP contribution in [0.5, 0.6) is 5.75 Å². The normalized spacial score (nSPS) is 11.2. The van der Waals surface area contributed by atoms with Crippen LogP contribution in [-0.2, 0) is 12.8 Å². The number of phenolic OH excluding ortho intramolecular Hbond substituents is 1. The van der Waals surface area contributed by atoms with Gasteiger partial charge in [-0.2, -0.15) is 0 Å². The molecule has 22 heavy (non-hydrogen) atoms. The van der Waals surface area contributed by atoms with Crippen molar-refractivity contribution in [2.24, 2.45) is 0 Å². The van der Waals surface area contributed by atoms with Crippen LogP contribution in [0.2, 0.25) is 0 Å². The van der Waals surface area contributed by atoms with Gasteiger partial charge < -0.3 is 5.11 Å². The third-order valence-electron chi connectivity index (χ3n) is 4.33. The van der Waals surface area contributed by atoms with E-state index in [0.717, 1.165) is 24.8 Å². The molecule has 0 bridgehead atoms. The number of hydrogen-bond acceptors (Lipinski definition) is 1. The largest absolute Gasteiger partial charge is 0.508 e. The van der Waals surface area contributed by atoms with E-state index in [1.54, 1.807) is 0 Å². The summed E-state index contributed by atoms with van der Waals surface area (Å²) in [6.45, 7) is 10.7. The Hall–Kier alpha value is -1.76. The Morgan fingerprint density at radius 3 is 2.50 bits per heavy atom. The zero-order valence-electron chi connectivity index (χ0n) is 14.5. The van der Waals surface area contributed by atoms with Gasteiger partial charge in [0.15, 0.2) is 0 Å². The van der Waals surface area contributed by atoms with Crippen molar-refractivity contribution in [1.82, 2.24) is 0 Å². The molecule has 1 N–H and O–H groups in total. The van der Waals surface area contributed by atoms with Gasteiger partial charge in [0.2, 0.25) is 0 Å². The van der Waals surface area contributed by atoms with Crippen molar-refractivity contribution >= 4 is 10.8 Å². The van der Waals surface area contributed by atoms with Crippen molar-refractivity contribution in [1.29, 1.82) is 0 Å². The number of fused-ring (bicyclic) bond motifs is 1. The molecule has 0 aliphatic heterocycles. The Bertz CT molecular complexity index is 689. The molecule has 2 aromatic rings. The van der Waals surface area contributed by atoms with E-state index >= 15 is 0 Å². The molecule has 1 nitrogen and oxygen atoms in total. The molecule has 0 saturated heterocycles. The molecule has 0 heterocycles. The first-order valence-corrected chi connectivity index (χ1v) is 8.34. The molecule has 0 saturated carbocycles. The Morgan fingerprint density at radius 2 is 1.91 bits per heavy atom. The highest BCUT2D eigenvalue weighted by molar-refractivity contribution is 5.89. The van der Waals surface area contributed by atoms with Crippen molar-refractivity contribution in [3.63, 3.8) is 0 Å². The van der Waals surface area contributed by atoms with Crippen LogP contribution in [0.15, 0.2) is 35.9 Å². The van der Waals surface area contributed by atoms with Crippen LogP contribution in [0.1, 0.15) is 63.6 Å². The molecule has 0 radical (unpaired) electrons. The predicted octanol–water partition coefficient (Wildman–Crippen LogP) is 6.13. The molecule has 0 aliphatic rings. The van der Waals surface area contributed by atoms with E-state index in [1.807, 2.05) is 6.07 Å². The summed E-state index contributed by atoms with van der Waals surface area (Å²) in [5.41, 5.74) is 5.18. The molecular weight excluding hydrogens is 268 g/mol. The summed E-state index contributed by atoms with van der Waals surface area (Å²) >= 11 is 0. The van der Waals surface area contributed by atoms with Crippen LogP contribution >= 0.6 is 0 Å². The second-order valence-corrected chi connectivity index (χ2v) is 6.66. The van der Waals surface area contributed by atoms with Crippen LogP contribution in [0.4, 0.5) is 0 Å². The maximum absolute atomic E-state index is 10.4. The second kappa shape index (κ2) is 7.00. The molecule has 1 heteroatoms. The first-order valence-electron chi connectivity index (χ1n) is 8.34. The number of hydrogen-bond donors (Lipinski definition) is 1. The van der Waals surface area contributed by atoms with Gasteiger partial charge in [0.1, 0.15) is 5.75 Å². The van der Waals surface area contributed by atoms with Gasteiger partial charge in [-0.3, -0.25) is 0 Å². The molecule has 0 aliphatic carbocycles. The van der Waals surface area contributed by atoms with Gasteiger partial charge in [-0.05, 0) is 78.6 Å². The number of benzene rings is 2. The molecule has 118 valence electrons. The van der Waals surface area contributed by atoms with Crippen molar-refractivity contribution in [3.8, 4) is 5.75 Å². The molecule has 0 fully saturated rings. The zero-order valence-corrected chi connectivity index (χ0v) is 14.5. The molecule has 0 atom stereocenters. The van der Waals surface area contributed by atoms with Gasteiger partial charge >= 0.3 is 0 Å². The van der Waals surface area contributed by atoms with Gasteiger partial charge in [-0.15, -0.1) is 0 Å². The van der Waals surface area contributed by atoms with E-state index in [9.17, 15) is 5.11 Å². The van der Waals surface area contributed by atoms with Crippen LogP contribution in [-0.4, -0.2) is 5.11 Å². The van der Waals surface area contributed by atoms with Crippen LogP contribution < -0.4 is 0 Å². The highest BCUT2D eigenvalue weighted by atomic mass is 16.3. The van der Waals surface area contributed by atoms with Crippen LogP contribution in [0, 0.1) is 0 Å². The van der Waals surface area contributed by atoms with Gasteiger partial charge in [-0.1, -0.05) is 44.6 Å². The molecule has 2 aromatic carbocycles. The molecule has 0 aromatic heterocycles. The van der Waals surface area contributed by atoms with E-state index in [-0.39, 0.29) is 0 Å². The van der Waals surface area contributed by atoms with E-state index in [1.165, 1.54) is 27.5 Å². The molecule has 2 rings (SSSR count). The summed E-state index contributed by atoms with van der Waals surface area (Å²) in [5, 5.41) is 12.8. The van der Waals surface area contributed by atoms with Crippen molar-refractivity contribution < 1.29 is 5.11 Å².